The molecule has 0 aliphatic carbocycles. The molecule has 34 heavy (non-hydrogen) atoms. The van der Waals surface area contributed by atoms with Crippen LogP contribution in [0, 0.1) is 11.6 Å². The Morgan fingerprint density at radius 2 is 1.82 bits per heavy atom. The van der Waals surface area contributed by atoms with E-state index < -0.39 is 11.6 Å². The van der Waals surface area contributed by atoms with Crippen molar-refractivity contribution < 1.29 is 18.3 Å². The van der Waals surface area contributed by atoms with Gasteiger partial charge in [-0.15, -0.1) is 11.8 Å². The zero-order valence-electron chi connectivity index (χ0n) is 18.4. The molecule has 5 rings (SSSR count). The van der Waals surface area contributed by atoms with E-state index in [4.69, 9.17) is 4.74 Å². The molecule has 0 atom stereocenters. The van der Waals surface area contributed by atoms with Crippen LogP contribution in [-0.2, 0) is 23.5 Å². The molecular weight excluding hydrogens is 456 g/mol. The van der Waals surface area contributed by atoms with E-state index >= 15 is 8.78 Å². The first-order valence-electron chi connectivity index (χ1n) is 10.8. The molecule has 5 nitrogen and oxygen atoms in total. The van der Waals surface area contributed by atoms with Gasteiger partial charge in [-0.05, 0) is 35.7 Å². The molecule has 2 aromatic carbocycles. The van der Waals surface area contributed by atoms with Gasteiger partial charge in [0, 0.05) is 40.3 Å². The van der Waals surface area contributed by atoms with Crippen LogP contribution >= 0.6 is 11.8 Å². The molecule has 172 valence electrons. The molecule has 1 aliphatic rings. The zero-order chi connectivity index (χ0) is 23.7. The second-order valence-corrected chi connectivity index (χ2v) is 9.03. The Balaban J connectivity index is 1.46. The first kappa shape index (κ1) is 22.3. The van der Waals surface area contributed by atoms with Crippen LogP contribution in [0.15, 0.2) is 65.7 Å². The molecule has 0 bridgehead atoms. The number of ether oxygens (including phenoxy) is 1. The number of carbonyl (C=O) groups is 1. The Bertz CT molecular complexity index is 1360. The molecule has 3 heterocycles. The third-order valence-corrected chi connectivity index (χ3v) is 6.87. The number of pyridine rings is 2. The number of methoxy groups -OCH3 is 1. The van der Waals surface area contributed by atoms with Gasteiger partial charge in [-0.1, -0.05) is 30.3 Å². The highest BCUT2D eigenvalue weighted by Gasteiger charge is 2.29. The summed E-state index contributed by atoms with van der Waals surface area (Å²) >= 11 is 1.36. The smallest absolute Gasteiger partial charge is 0.227 e. The summed E-state index contributed by atoms with van der Waals surface area (Å²) in [5.74, 6) is -0.541. The van der Waals surface area contributed by atoms with Crippen LogP contribution in [0.1, 0.15) is 23.1 Å². The highest BCUT2D eigenvalue weighted by Crippen LogP contribution is 2.36. The van der Waals surface area contributed by atoms with E-state index in [2.05, 4.69) is 9.97 Å². The van der Waals surface area contributed by atoms with Gasteiger partial charge in [-0.3, -0.25) is 4.79 Å². The summed E-state index contributed by atoms with van der Waals surface area (Å²) in [5.41, 5.74) is 2.77. The maximum Gasteiger partial charge on any atom is 0.227 e. The summed E-state index contributed by atoms with van der Waals surface area (Å²) < 4.78 is 35.3. The van der Waals surface area contributed by atoms with Gasteiger partial charge < -0.3 is 9.64 Å². The number of aryl methyl sites for hydroxylation is 1. The van der Waals surface area contributed by atoms with Crippen molar-refractivity contribution >= 4 is 34.4 Å². The van der Waals surface area contributed by atoms with Gasteiger partial charge in [0.25, 0.3) is 0 Å². The van der Waals surface area contributed by atoms with Gasteiger partial charge in [-0.25, -0.2) is 13.8 Å². The van der Waals surface area contributed by atoms with Crippen LogP contribution in [0.3, 0.4) is 0 Å². The number of aromatic nitrogens is 2. The highest BCUT2D eigenvalue weighted by atomic mass is 32.2. The lowest BCUT2D eigenvalue weighted by molar-refractivity contribution is -0.119. The number of hydrogen-bond acceptors (Lipinski definition) is 5. The summed E-state index contributed by atoms with van der Waals surface area (Å²) in [7, 11) is 1.51. The van der Waals surface area contributed by atoms with Crippen molar-refractivity contribution in [2.75, 3.05) is 12.0 Å². The number of rotatable bonds is 6. The van der Waals surface area contributed by atoms with Crippen LogP contribution in [0.5, 0.6) is 5.88 Å². The second kappa shape index (κ2) is 9.38. The van der Waals surface area contributed by atoms with E-state index in [-0.39, 0.29) is 24.4 Å². The fourth-order valence-electron chi connectivity index (χ4n) is 4.08. The largest absolute Gasteiger partial charge is 0.481 e. The molecule has 0 saturated carbocycles. The number of thioether (sulfide) groups is 1. The Morgan fingerprint density at radius 3 is 2.56 bits per heavy atom. The topological polar surface area (TPSA) is 55.3 Å². The van der Waals surface area contributed by atoms with Crippen molar-refractivity contribution in [3.8, 4) is 5.88 Å². The van der Waals surface area contributed by atoms with Gasteiger partial charge in [0.05, 0.1) is 19.3 Å². The fourth-order valence-corrected chi connectivity index (χ4v) is 4.98. The maximum absolute atomic E-state index is 15.1. The van der Waals surface area contributed by atoms with Gasteiger partial charge in [-0.2, -0.15) is 4.98 Å². The summed E-state index contributed by atoms with van der Waals surface area (Å²) in [5, 5.41) is 0.641. The summed E-state index contributed by atoms with van der Waals surface area (Å²) in [6, 6.07) is 15.8. The number of anilines is 1. The molecule has 0 radical (unpaired) electrons. The number of benzene rings is 2. The van der Waals surface area contributed by atoms with Gasteiger partial charge in [0.1, 0.15) is 11.6 Å². The first-order valence-corrected chi connectivity index (χ1v) is 11.8. The van der Waals surface area contributed by atoms with E-state index in [0.717, 1.165) is 11.1 Å². The number of fused-ring (bicyclic) bond motifs is 3. The number of carbonyl (C=O) groups excluding carboxylic acids is 1. The Labute approximate surface area is 199 Å². The molecule has 0 fully saturated rings. The maximum atomic E-state index is 15.1. The van der Waals surface area contributed by atoms with E-state index in [1.165, 1.54) is 35.9 Å². The lowest BCUT2D eigenvalue weighted by Gasteiger charge is -2.30. The van der Waals surface area contributed by atoms with E-state index in [1.54, 1.807) is 18.3 Å². The van der Waals surface area contributed by atoms with Crippen molar-refractivity contribution in [3.63, 3.8) is 0 Å². The summed E-state index contributed by atoms with van der Waals surface area (Å²) in [4.78, 5) is 23.5. The van der Waals surface area contributed by atoms with E-state index in [0.29, 0.717) is 39.7 Å². The van der Waals surface area contributed by atoms with Gasteiger partial charge in [0.15, 0.2) is 5.65 Å². The van der Waals surface area contributed by atoms with Crippen molar-refractivity contribution in [1.82, 2.24) is 9.97 Å². The van der Waals surface area contributed by atoms with E-state index in [9.17, 15) is 4.79 Å². The zero-order valence-corrected chi connectivity index (χ0v) is 19.2. The van der Waals surface area contributed by atoms with Crippen LogP contribution in [-0.4, -0.2) is 23.0 Å². The van der Waals surface area contributed by atoms with Crippen molar-refractivity contribution in [2.24, 2.45) is 0 Å². The number of amides is 1. The quantitative estimate of drug-likeness (QED) is 0.334. The third-order valence-electron chi connectivity index (χ3n) is 5.82. The van der Waals surface area contributed by atoms with Crippen molar-refractivity contribution in [3.05, 3.63) is 89.1 Å². The van der Waals surface area contributed by atoms with Crippen LogP contribution in [0.4, 0.5) is 14.5 Å². The van der Waals surface area contributed by atoms with Crippen LogP contribution in [0.2, 0.25) is 0 Å². The number of nitrogens with zero attached hydrogens (tertiary/aromatic N) is 3. The fraction of sp³-hybridized carbons (Fsp3) is 0.192. The van der Waals surface area contributed by atoms with Crippen molar-refractivity contribution in [1.29, 1.82) is 0 Å². The molecule has 0 saturated heterocycles. The average Bonchev–Trinajstić information content (AvgIpc) is 2.86. The minimum Gasteiger partial charge on any atom is -0.481 e. The molecule has 4 aromatic rings. The predicted octanol–water partition coefficient (Wildman–Crippen LogP) is 5.69. The number of halogens is 2. The molecular formula is C26H21F2N3O2S. The Kier molecular flexibility index (Phi) is 6.15. The molecule has 1 amide bonds. The van der Waals surface area contributed by atoms with Gasteiger partial charge >= 0.3 is 0 Å². The molecule has 8 heteroatoms. The standard InChI is InChI=1S/C26H21F2N3O2S/c1-33-23-9-8-19-25-17(13-29-26(19)30-23)7-10-24(32)31(25)14-20-21(27)11-18(12-22(20)28)34-15-16-5-3-2-4-6-16/h2-6,8-9,11-13H,7,10,14-15H2,1H3. The highest BCUT2D eigenvalue weighted by molar-refractivity contribution is 7.98. The summed E-state index contributed by atoms with van der Waals surface area (Å²) in [6.45, 7) is -0.210. The summed E-state index contributed by atoms with van der Waals surface area (Å²) in [6.07, 6.45) is 2.43. The molecule has 2 aromatic heterocycles. The minimum atomic E-state index is -0.673. The Hall–Kier alpha value is -3.52. The minimum absolute atomic E-state index is 0.142. The number of hydrogen-bond donors (Lipinski definition) is 0. The predicted molar refractivity (Wildman–Crippen MR) is 128 cm³/mol. The molecule has 0 unspecified atom stereocenters. The van der Waals surface area contributed by atoms with Crippen LogP contribution in [0.25, 0.3) is 11.0 Å². The molecule has 0 spiro atoms. The lowest BCUT2D eigenvalue weighted by atomic mass is 9.99. The Morgan fingerprint density at radius 1 is 1.06 bits per heavy atom. The SMILES string of the molecule is COc1ccc2c3c(cnc2n1)CCC(=O)N3Cc1c(F)cc(SCc2ccccc2)cc1F. The third kappa shape index (κ3) is 4.33. The first-order chi connectivity index (χ1) is 16.5. The van der Waals surface area contributed by atoms with E-state index in [1.807, 2.05) is 30.3 Å². The lowest BCUT2D eigenvalue weighted by Crippen LogP contribution is -2.35. The van der Waals surface area contributed by atoms with Crippen LogP contribution < -0.4 is 9.64 Å². The van der Waals surface area contributed by atoms with Crippen molar-refractivity contribution in [2.45, 2.75) is 30.0 Å². The van der Waals surface area contributed by atoms with Gasteiger partial charge in [0.2, 0.25) is 11.8 Å². The average molecular weight is 478 g/mol. The molecule has 0 N–H and O–H groups in total. The second-order valence-electron chi connectivity index (χ2n) is 7.98. The normalized spacial score (nSPS) is 13.3. The molecule has 1 aliphatic heterocycles. The monoisotopic (exact) mass is 477 g/mol.